The number of fused-ring (bicyclic) bond motifs is 1. The lowest BCUT2D eigenvalue weighted by Gasteiger charge is -2.13. The Kier molecular flexibility index (Phi) is 3.94. The fourth-order valence-electron chi connectivity index (χ4n) is 1.85. The van der Waals surface area contributed by atoms with E-state index in [0.29, 0.717) is 5.92 Å². The summed E-state index contributed by atoms with van der Waals surface area (Å²) in [6.45, 7) is 3.20. The Morgan fingerprint density at radius 2 is 2.12 bits per heavy atom. The number of pyridine rings is 1. The number of anilines is 1. The first-order valence-electron chi connectivity index (χ1n) is 5.99. The van der Waals surface area contributed by atoms with E-state index in [1.807, 2.05) is 24.4 Å². The molecule has 90 valence electrons. The molecule has 1 heterocycles. The van der Waals surface area contributed by atoms with E-state index >= 15 is 0 Å². The molecule has 0 aliphatic carbocycles. The van der Waals surface area contributed by atoms with Gasteiger partial charge in [0, 0.05) is 24.7 Å². The largest absolute Gasteiger partial charge is 0.396 e. The van der Waals surface area contributed by atoms with Crippen LogP contribution < -0.4 is 5.32 Å². The minimum atomic E-state index is 0.242. The third-order valence-electron chi connectivity index (χ3n) is 2.91. The van der Waals surface area contributed by atoms with E-state index in [4.69, 9.17) is 5.11 Å². The van der Waals surface area contributed by atoms with Crippen molar-refractivity contribution in [3.05, 3.63) is 36.5 Å². The number of hydrogen-bond donors (Lipinski definition) is 2. The van der Waals surface area contributed by atoms with Crippen molar-refractivity contribution in [2.24, 2.45) is 5.92 Å². The average molecular weight is 230 g/mol. The van der Waals surface area contributed by atoms with Crippen LogP contribution in [0.25, 0.3) is 10.8 Å². The highest BCUT2D eigenvalue weighted by Gasteiger charge is 2.04. The number of benzene rings is 1. The standard InChI is InChI=1S/C14H18N2O/c1-11(7-9-17)10-16-14-13-5-3-2-4-12(13)6-8-15-14/h2-6,8,11,17H,7,9-10H2,1H3,(H,15,16). The van der Waals surface area contributed by atoms with Crippen molar-refractivity contribution in [1.29, 1.82) is 0 Å². The van der Waals surface area contributed by atoms with Crippen LogP contribution in [0, 0.1) is 5.92 Å². The normalized spacial score (nSPS) is 12.6. The zero-order chi connectivity index (χ0) is 12.1. The maximum Gasteiger partial charge on any atom is 0.133 e. The molecule has 0 aliphatic rings. The van der Waals surface area contributed by atoms with Crippen LogP contribution in [0.3, 0.4) is 0 Å². The summed E-state index contributed by atoms with van der Waals surface area (Å²) in [6.07, 6.45) is 2.64. The molecule has 2 aromatic rings. The zero-order valence-electron chi connectivity index (χ0n) is 10.1. The molecule has 0 amide bonds. The van der Waals surface area contributed by atoms with Crippen LogP contribution in [0.2, 0.25) is 0 Å². The third kappa shape index (κ3) is 2.94. The molecule has 1 aromatic carbocycles. The molecule has 0 spiro atoms. The van der Waals surface area contributed by atoms with Crippen molar-refractivity contribution < 1.29 is 5.11 Å². The van der Waals surface area contributed by atoms with Gasteiger partial charge in [-0.2, -0.15) is 0 Å². The molecule has 0 saturated heterocycles. The van der Waals surface area contributed by atoms with Crippen LogP contribution in [0.15, 0.2) is 36.5 Å². The van der Waals surface area contributed by atoms with Gasteiger partial charge in [-0.15, -0.1) is 0 Å². The second-order valence-electron chi connectivity index (χ2n) is 4.38. The molecule has 0 aliphatic heterocycles. The molecule has 3 heteroatoms. The van der Waals surface area contributed by atoms with Gasteiger partial charge >= 0.3 is 0 Å². The van der Waals surface area contributed by atoms with Crippen molar-refractivity contribution in [2.75, 3.05) is 18.5 Å². The summed E-state index contributed by atoms with van der Waals surface area (Å²) in [4.78, 5) is 4.37. The zero-order valence-corrected chi connectivity index (χ0v) is 10.1. The summed E-state index contributed by atoms with van der Waals surface area (Å²) in [6, 6.07) is 10.2. The molecule has 1 aromatic heterocycles. The Morgan fingerprint density at radius 1 is 1.29 bits per heavy atom. The molecule has 17 heavy (non-hydrogen) atoms. The van der Waals surface area contributed by atoms with Gasteiger partial charge in [0.1, 0.15) is 5.82 Å². The fourth-order valence-corrected chi connectivity index (χ4v) is 1.85. The predicted molar refractivity (Wildman–Crippen MR) is 71.1 cm³/mol. The van der Waals surface area contributed by atoms with E-state index in [-0.39, 0.29) is 6.61 Å². The quantitative estimate of drug-likeness (QED) is 0.830. The van der Waals surface area contributed by atoms with Crippen LogP contribution in [-0.2, 0) is 0 Å². The Balaban J connectivity index is 2.13. The minimum Gasteiger partial charge on any atom is -0.396 e. The molecule has 3 nitrogen and oxygen atoms in total. The molecule has 0 saturated carbocycles. The monoisotopic (exact) mass is 230 g/mol. The highest BCUT2D eigenvalue weighted by Crippen LogP contribution is 2.20. The number of rotatable bonds is 5. The van der Waals surface area contributed by atoms with E-state index in [2.05, 4.69) is 29.4 Å². The highest BCUT2D eigenvalue weighted by molar-refractivity contribution is 5.91. The van der Waals surface area contributed by atoms with Crippen LogP contribution in [0.1, 0.15) is 13.3 Å². The molecule has 1 atom stereocenters. The van der Waals surface area contributed by atoms with E-state index in [0.717, 1.165) is 24.2 Å². The van der Waals surface area contributed by atoms with Crippen LogP contribution in [0.5, 0.6) is 0 Å². The van der Waals surface area contributed by atoms with E-state index in [1.54, 1.807) is 0 Å². The second kappa shape index (κ2) is 5.64. The molecule has 0 bridgehead atoms. The van der Waals surface area contributed by atoms with Gasteiger partial charge < -0.3 is 10.4 Å². The number of aliphatic hydroxyl groups is 1. The molecule has 1 unspecified atom stereocenters. The van der Waals surface area contributed by atoms with Crippen LogP contribution >= 0.6 is 0 Å². The molecule has 0 radical (unpaired) electrons. The predicted octanol–water partition coefficient (Wildman–Crippen LogP) is 2.67. The summed E-state index contributed by atoms with van der Waals surface area (Å²) in [5.74, 6) is 1.37. The Labute approximate surface area is 102 Å². The Hall–Kier alpha value is -1.61. The van der Waals surface area contributed by atoms with Gasteiger partial charge in [0.05, 0.1) is 0 Å². The topological polar surface area (TPSA) is 45.1 Å². The second-order valence-corrected chi connectivity index (χ2v) is 4.38. The van der Waals surface area contributed by atoms with Crippen molar-refractivity contribution in [3.8, 4) is 0 Å². The van der Waals surface area contributed by atoms with Gasteiger partial charge in [-0.25, -0.2) is 4.98 Å². The summed E-state index contributed by atoms with van der Waals surface area (Å²) in [7, 11) is 0. The Morgan fingerprint density at radius 3 is 2.94 bits per heavy atom. The van der Waals surface area contributed by atoms with Gasteiger partial charge in [0.2, 0.25) is 0 Å². The van der Waals surface area contributed by atoms with Crippen LogP contribution in [-0.4, -0.2) is 23.2 Å². The van der Waals surface area contributed by atoms with E-state index < -0.39 is 0 Å². The lowest BCUT2D eigenvalue weighted by Crippen LogP contribution is -2.13. The lowest BCUT2D eigenvalue weighted by molar-refractivity contribution is 0.266. The number of nitrogens with one attached hydrogen (secondary N) is 1. The van der Waals surface area contributed by atoms with Crippen molar-refractivity contribution in [3.63, 3.8) is 0 Å². The number of hydrogen-bond acceptors (Lipinski definition) is 3. The molecular weight excluding hydrogens is 212 g/mol. The van der Waals surface area contributed by atoms with Gasteiger partial charge in [-0.3, -0.25) is 0 Å². The molecular formula is C14H18N2O. The summed E-state index contributed by atoms with van der Waals surface area (Å²) < 4.78 is 0. The van der Waals surface area contributed by atoms with Crippen molar-refractivity contribution in [2.45, 2.75) is 13.3 Å². The first kappa shape index (κ1) is 11.9. The smallest absolute Gasteiger partial charge is 0.133 e. The van der Waals surface area contributed by atoms with Crippen LogP contribution in [0.4, 0.5) is 5.82 Å². The van der Waals surface area contributed by atoms with Gasteiger partial charge in [-0.05, 0) is 23.8 Å². The fraction of sp³-hybridized carbons (Fsp3) is 0.357. The minimum absolute atomic E-state index is 0.242. The van der Waals surface area contributed by atoms with Crippen molar-refractivity contribution in [1.82, 2.24) is 4.98 Å². The van der Waals surface area contributed by atoms with Gasteiger partial charge in [0.15, 0.2) is 0 Å². The first-order valence-corrected chi connectivity index (χ1v) is 5.99. The Bertz CT molecular complexity index is 479. The first-order chi connectivity index (χ1) is 8.31. The third-order valence-corrected chi connectivity index (χ3v) is 2.91. The maximum absolute atomic E-state index is 8.86. The molecule has 0 fully saturated rings. The SMILES string of the molecule is CC(CCO)CNc1nccc2ccccc12. The van der Waals surface area contributed by atoms with Gasteiger partial charge in [0.25, 0.3) is 0 Å². The highest BCUT2D eigenvalue weighted by atomic mass is 16.3. The summed E-state index contributed by atoms with van der Waals surface area (Å²) in [5.41, 5.74) is 0. The van der Waals surface area contributed by atoms with E-state index in [1.165, 1.54) is 5.39 Å². The number of aliphatic hydroxyl groups excluding tert-OH is 1. The van der Waals surface area contributed by atoms with E-state index in [9.17, 15) is 0 Å². The molecule has 2 N–H and O–H groups in total. The van der Waals surface area contributed by atoms with Crippen molar-refractivity contribution >= 4 is 16.6 Å². The van der Waals surface area contributed by atoms with Gasteiger partial charge in [-0.1, -0.05) is 31.2 Å². The number of aromatic nitrogens is 1. The molecule has 2 rings (SSSR count). The summed E-state index contributed by atoms with van der Waals surface area (Å²) >= 11 is 0. The lowest BCUT2D eigenvalue weighted by atomic mass is 10.1. The maximum atomic E-state index is 8.86. The summed E-state index contributed by atoms with van der Waals surface area (Å²) in [5, 5.41) is 14.6. The average Bonchev–Trinajstić information content (AvgIpc) is 2.36. The number of nitrogens with zero attached hydrogens (tertiary/aromatic N) is 1.